The number of urea groups is 1. The number of carbonyl (C=O) groups is 7. The highest BCUT2D eigenvalue weighted by atomic mass is 127. The molecule has 1 saturated heterocycles. The molecule has 2 atom stereocenters. The topological polar surface area (TPSA) is 221 Å². The third-order valence-electron chi connectivity index (χ3n) is 8.50. The van der Waals surface area contributed by atoms with Crippen LogP contribution >= 0.6 is 22.6 Å². The summed E-state index contributed by atoms with van der Waals surface area (Å²) in [5, 5.41) is 25.6. The molecule has 3 aromatic carbocycles. The van der Waals surface area contributed by atoms with E-state index in [1.54, 1.807) is 18.2 Å². The molecular formula is C35H34IN5O11. The number of aliphatic carboxylic acids is 2. The van der Waals surface area contributed by atoms with Gasteiger partial charge in [-0.1, -0.05) is 48.5 Å². The van der Waals surface area contributed by atoms with E-state index in [4.69, 9.17) is 9.47 Å². The minimum absolute atomic E-state index is 0.0396. The summed E-state index contributed by atoms with van der Waals surface area (Å²) in [5.41, 5.74) is 4.21. The van der Waals surface area contributed by atoms with E-state index < -0.39 is 73.4 Å². The number of carboxylic acids is 2. The summed E-state index contributed by atoms with van der Waals surface area (Å²) in [6, 6.07) is 16.0. The van der Waals surface area contributed by atoms with Crippen LogP contribution in [0.4, 0.5) is 15.3 Å². The number of carboxylic acid groups (broad SMARTS) is 2. The zero-order valence-corrected chi connectivity index (χ0v) is 29.8. The van der Waals surface area contributed by atoms with Crippen LogP contribution in [-0.4, -0.2) is 95.9 Å². The fourth-order valence-corrected chi connectivity index (χ4v) is 6.52. The van der Waals surface area contributed by atoms with Crippen LogP contribution in [0.5, 0.6) is 5.75 Å². The van der Waals surface area contributed by atoms with Crippen LogP contribution in [0.25, 0.3) is 11.1 Å². The Bertz CT molecular complexity index is 1880. The molecule has 1 fully saturated rings. The molecule has 1 aliphatic carbocycles. The lowest BCUT2D eigenvalue weighted by atomic mass is 9.98. The van der Waals surface area contributed by atoms with Gasteiger partial charge in [-0.25, -0.2) is 14.5 Å². The number of imide groups is 1. The van der Waals surface area contributed by atoms with E-state index in [1.807, 2.05) is 48.5 Å². The number of nitrogens with one attached hydrogen (secondary N) is 3. The molecule has 5 rings (SSSR count). The lowest BCUT2D eigenvalue weighted by Crippen LogP contribution is -2.58. The molecule has 16 nitrogen and oxygen atoms in total. The number of hydrogen-bond donors (Lipinski definition) is 5. The van der Waals surface area contributed by atoms with Gasteiger partial charge in [0.2, 0.25) is 17.7 Å². The fourth-order valence-electron chi connectivity index (χ4n) is 6.05. The van der Waals surface area contributed by atoms with Crippen molar-refractivity contribution in [1.82, 2.24) is 20.9 Å². The van der Waals surface area contributed by atoms with Gasteiger partial charge in [0, 0.05) is 22.5 Å². The summed E-state index contributed by atoms with van der Waals surface area (Å²) in [6.45, 7) is -0.757. The molecule has 272 valence electrons. The monoisotopic (exact) mass is 827 g/mol. The second-order valence-electron chi connectivity index (χ2n) is 11.8. The Morgan fingerprint density at radius 2 is 1.46 bits per heavy atom. The number of carbonyl (C=O) groups excluding carboxylic acids is 5. The largest absolute Gasteiger partial charge is 0.495 e. The van der Waals surface area contributed by atoms with Crippen molar-refractivity contribution in [2.45, 2.75) is 37.3 Å². The first-order valence-corrected chi connectivity index (χ1v) is 17.0. The minimum atomic E-state index is -1.78. The molecule has 2 aliphatic rings. The molecule has 17 heteroatoms. The Balaban J connectivity index is 1.23. The molecule has 6 amide bonds. The average Bonchev–Trinajstić information content (AvgIpc) is 3.43. The van der Waals surface area contributed by atoms with Gasteiger partial charge in [0.15, 0.2) is 0 Å². The maximum Gasteiger partial charge on any atom is 0.407 e. The number of benzene rings is 3. The number of anilines is 1. The normalized spacial score (nSPS) is 14.8. The molecular weight excluding hydrogens is 793 g/mol. The number of rotatable bonds is 14. The molecule has 3 aromatic rings. The Morgan fingerprint density at radius 1 is 0.865 bits per heavy atom. The molecule has 2 unspecified atom stereocenters. The summed E-state index contributed by atoms with van der Waals surface area (Å²) >= 11 is 2.06. The van der Waals surface area contributed by atoms with Crippen molar-refractivity contribution in [3.05, 3.63) is 81.4 Å². The van der Waals surface area contributed by atoms with Crippen molar-refractivity contribution in [2.75, 3.05) is 31.8 Å². The minimum Gasteiger partial charge on any atom is -0.495 e. The van der Waals surface area contributed by atoms with Crippen molar-refractivity contribution < 1.29 is 53.2 Å². The third-order valence-corrected chi connectivity index (χ3v) is 9.17. The van der Waals surface area contributed by atoms with Gasteiger partial charge in [-0.2, -0.15) is 0 Å². The highest BCUT2D eigenvalue weighted by Gasteiger charge is 2.36. The summed E-state index contributed by atoms with van der Waals surface area (Å²) < 4.78 is 11.6. The number of amides is 6. The predicted octanol–water partition coefficient (Wildman–Crippen LogP) is 2.87. The highest BCUT2D eigenvalue weighted by molar-refractivity contribution is 14.1. The van der Waals surface area contributed by atoms with Crippen molar-refractivity contribution in [3.8, 4) is 16.9 Å². The molecule has 0 spiro atoms. The molecule has 52 heavy (non-hydrogen) atoms. The second kappa shape index (κ2) is 16.5. The molecule has 5 N–H and O–H groups in total. The summed E-state index contributed by atoms with van der Waals surface area (Å²) in [5.74, 6) is -5.80. The number of ether oxygens (including phenoxy) is 2. The molecule has 1 heterocycles. The van der Waals surface area contributed by atoms with Crippen LogP contribution in [-0.2, 0) is 28.7 Å². The molecule has 0 saturated carbocycles. The second-order valence-corrected chi connectivity index (χ2v) is 13.0. The van der Waals surface area contributed by atoms with Crippen molar-refractivity contribution in [1.29, 1.82) is 0 Å². The first kappa shape index (κ1) is 37.5. The van der Waals surface area contributed by atoms with Gasteiger partial charge in [0.05, 0.1) is 25.6 Å². The third kappa shape index (κ3) is 8.59. The van der Waals surface area contributed by atoms with Gasteiger partial charge in [-0.3, -0.25) is 28.9 Å². The highest BCUT2D eigenvalue weighted by Crippen LogP contribution is 2.44. The van der Waals surface area contributed by atoms with Crippen LogP contribution < -0.4 is 25.6 Å². The van der Waals surface area contributed by atoms with Crippen LogP contribution in [0.2, 0.25) is 0 Å². The van der Waals surface area contributed by atoms with Gasteiger partial charge >= 0.3 is 24.1 Å². The standard InChI is InChI=1S/C35H34IN5O11/c1-51-28-11-10-19(36)14-27(28)40-13-12-29(42)41(35(40)50)18-37-32(47)25(15-30(43)44)38-33(48)26(16-31(45)46)39-34(49)52-17-24-22-8-4-2-6-20(22)21-7-3-5-9-23(21)24/h2-11,14,24-26H,12-13,15-18H2,1H3,(H,37,47)(H,38,48)(H,39,49)(H,43,44)(H,45,46). The van der Waals surface area contributed by atoms with E-state index in [2.05, 4.69) is 38.5 Å². The number of fused-ring (bicyclic) bond motifs is 3. The van der Waals surface area contributed by atoms with Crippen LogP contribution in [0.1, 0.15) is 36.3 Å². The van der Waals surface area contributed by atoms with E-state index in [-0.39, 0.29) is 25.5 Å². The Morgan fingerprint density at radius 3 is 2.06 bits per heavy atom. The smallest absolute Gasteiger partial charge is 0.407 e. The lowest BCUT2D eigenvalue weighted by Gasteiger charge is -2.35. The molecule has 0 bridgehead atoms. The van der Waals surface area contributed by atoms with Gasteiger partial charge < -0.3 is 35.6 Å². The zero-order chi connectivity index (χ0) is 37.5. The summed E-state index contributed by atoms with van der Waals surface area (Å²) in [4.78, 5) is 90.7. The molecule has 0 radical (unpaired) electrons. The maximum absolute atomic E-state index is 13.4. The van der Waals surface area contributed by atoms with E-state index >= 15 is 0 Å². The van der Waals surface area contributed by atoms with E-state index in [0.717, 1.165) is 30.7 Å². The predicted molar refractivity (Wildman–Crippen MR) is 191 cm³/mol. The number of nitrogens with zero attached hydrogens (tertiary/aromatic N) is 2. The van der Waals surface area contributed by atoms with Gasteiger partial charge in [0.25, 0.3) is 0 Å². The van der Waals surface area contributed by atoms with E-state index in [9.17, 15) is 43.8 Å². The lowest BCUT2D eigenvalue weighted by molar-refractivity contribution is -0.142. The Labute approximate surface area is 310 Å². The first-order chi connectivity index (χ1) is 24.9. The maximum atomic E-state index is 13.4. The summed E-state index contributed by atoms with van der Waals surface area (Å²) in [6.07, 6.45) is -3.08. The molecule has 0 aromatic heterocycles. The van der Waals surface area contributed by atoms with Gasteiger partial charge in [-0.05, 0) is 63.0 Å². The fraction of sp³-hybridized carbons (Fsp3) is 0.286. The van der Waals surface area contributed by atoms with E-state index in [1.165, 1.54) is 12.0 Å². The number of alkyl carbamates (subject to hydrolysis) is 1. The Hall–Kier alpha value is -5.72. The average molecular weight is 828 g/mol. The quantitative estimate of drug-likeness (QED) is 0.149. The van der Waals surface area contributed by atoms with Crippen molar-refractivity contribution in [3.63, 3.8) is 0 Å². The van der Waals surface area contributed by atoms with Crippen molar-refractivity contribution in [2.24, 2.45) is 0 Å². The van der Waals surface area contributed by atoms with Crippen LogP contribution in [0, 0.1) is 3.57 Å². The van der Waals surface area contributed by atoms with Gasteiger partial charge in [-0.15, -0.1) is 0 Å². The van der Waals surface area contributed by atoms with Crippen molar-refractivity contribution >= 4 is 70.1 Å². The number of hydrogen-bond acceptors (Lipinski definition) is 9. The Kier molecular flexibility index (Phi) is 11.9. The first-order valence-electron chi connectivity index (χ1n) is 16.0. The van der Waals surface area contributed by atoms with Crippen LogP contribution in [0.15, 0.2) is 66.7 Å². The SMILES string of the molecule is COc1ccc(I)cc1N1CCC(=O)N(CNC(=O)C(CC(=O)O)NC(=O)C(CC(=O)O)NC(=O)OCC2c3ccccc3-c3ccccc32)C1=O. The number of halogens is 1. The van der Waals surface area contributed by atoms with Crippen LogP contribution in [0.3, 0.4) is 0 Å². The van der Waals surface area contributed by atoms with E-state index in [0.29, 0.717) is 11.4 Å². The number of methoxy groups -OCH3 is 1. The molecule has 1 aliphatic heterocycles. The summed E-state index contributed by atoms with van der Waals surface area (Å²) in [7, 11) is 1.43. The van der Waals surface area contributed by atoms with Gasteiger partial charge in [0.1, 0.15) is 31.1 Å². The zero-order valence-electron chi connectivity index (χ0n) is 27.7.